The number of hydrogen-bond acceptors (Lipinski definition) is 6. The van der Waals surface area contributed by atoms with Crippen LogP contribution in [0.15, 0.2) is 18.3 Å². The summed E-state index contributed by atoms with van der Waals surface area (Å²) >= 11 is 0. The maximum atomic E-state index is 12.5. The number of nitro groups is 1. The van der Waals surface area contributed by atoms with Gasteiger partial charge in [-0.2, -0.15) is 0 Å². The summed E-state index contributed by atoms with van der Waals surface area (Å²) in [4.78, 5) is 39.7. The van der Waals surface area contributed by atoms with Gasteiger partial charge < -0.3 is 15.3 Å². The Balaban J connectivity index is 2.13. The first kappa shape index (κ1) is 17.6. The van der Waals surface area contributed by atoms with Crippen LogP contribution < -0.4 is 10.2 Å². The van der Waals surface area contributed by atoms with Gasteiger partial charge in [-0.15, -0.1) is 0 Å². The maximum Gasteiger partial charge on any atom is 0.326 e. The highest BCUT2D eigenvalue weighted by atomic mass is 16.6. The molecule has 9 heteroatoms. The van der Waals surface area contributed by atoms with Crippen LogP contribution in [0.3, 0.4) is 0 Å². The van der Waals surface area contributed by atoms with Crippen LogP contribution in [0.25, 0.3) is 0 Å². The Morgan fingerprint density at radius 2 is 2.17 bits per heavy atom. The number of hydrogen-bond donors (Lipinski definition) is 2. The average Bonchev–Trinajstić information content (AvgIpc) is 3.01. The number of nitrogens with zero attached hydrogens (tertiary/aromatic N) is 3. The van der Waals surface area contributed by atoms with Gasteiger partial charge in [0.15, 0.2) is 0 Å². The van der Waals surface area contributed by atoms with E-state index >= 15 is 0 Å². The van der Waals surface area contributed by atoms with Crippen LogP contribution in [0.4, 0.5) is 11.5 Å². The summed E-state index contributed by atoms with van der Waals surface area (Å²) in [6, 6.07) is 1.36. The van der Waals surface area contributed by atoms with Gasteiger partial charge in [0, 0.05) is 12.6 Å². The highest BCUT2D eigenvalue weighted by Gasteiger charge is 2.34. The summed E-state index contributed by atoms with van der Waals surface area (Å²) < 4.78 is 0. The van der Waals surface area contributed by atoms with Crippen molar-refractivity contribution < 1.29 is 19.6 Å². The number of carboxylic acids is 1. The molecule has 1 aliphatic heterocycles. The Morgan fingerprint density at radius 3 is 2.67 bits per heavy atom. The van der Waals surface area contributed by atoms with Crippen molar-refractivity contribution in [2.45, 2.75) is 38.8 Å². The van der Waals surface area contributed by atoms with E-state index < -0.39 is 23.0 Å². The molecule has 2 unspecified atom stereocenters. The SMILES string of the molecule is CC(C)C(NC(=O)C1CCCN1c1ccc([N+](=O)[O-])cn1)C(=O)O. The third-order valence-electron chi connectivity index (χ3n) is 4.02. The first-order chi connectivity index (χ1) is 11.3. The number of rotatable bonds is 6. The lowest BCUT2D eigenvalue weighted by Gasteiger charge is -2.27. The number of anilines is 1. The van der Waals surface area contributed by atoms with E-state index in [4.69, 9.17) is 0 Å². The maximum absolute atomic E-state index is 12.5. The van der Waals surface area contributed by atoms with E-state index in [0.717, 1.165) is 12.6 Å². The molecule has 2 rings (SSSR count). The molecule has 0 radical (unpaired) electrons. The molecule has 1 aromatic heterocycles. The first-order valence-corrected chi connectivity index (χ1v) is 7.71. The van der Waals surface area contributed by atoms with E-state index in [1.807, 2.05) is 0 Å². The topological polar surface area (TPSA) is 126 Å². The molecular weight excluding hydrogens is 316 g/mol. The molecule has 0 aliphatic carbocycles. The van der Waals surface area contributed by atoms with Crippen LogP contribution in [0.1, 0.15) is 26.7 Å². The van der Waals surface area contributed by atoms with Crippen LogP contribution in [0.2, 0.25) is 0 Å². The molecule has 2 atom stereocenters. The van der Waals surface area contributed by atoms with E-state index in [1.165, 1.54) is 12.1 Å². The minimum atomic E-state index is -1.07. The minimum Gasteiger partial charge on any atom is -0.480 e. The van der Waals surface area contributed by atoms with E-state index in [0.29, 0.717) is 18.8 Å². The van der Waals surface area contributed by atoms with Gasteiger partial charge in [0.25, 0.3) is 5.69 Å². The van der Waals surface area contributed by atoms with E-state index in [-0.39, 0.29) is 17.5 Å². The lowest BCUT2D eigenvalue weighted by atomic mass is 10.0. The van der Waals surface area contributed by atoms with Gasteiger partial charge in [-0.05, 0) is 24.8 Å². The highest BCUT2D eigenvalue weighted by Crippen LogP contribution is 2.25. The summed E-state index contributed by atoms with van der Waals surface area (Å²) in [6.07, 6.45) is 2.49. The molecule has 2 N–H and O–H groups in total. The van der Waals surface area contributed by atoms with Gasteiger partial charge in [0.2, 0.25) is 5.91 Å². The summed E-state index contributed by atoms with van der Waals surface area (Å²) in [7, 11) is 0. The summed E-state index contributed by atoms with van der Waals surface area (Å²) in [5.41, 5.74) is -0.121. The van der Waals surface area contributed by atoms with Crippen LogP contribution in [-0.2, 0) is 9.59 Å². The quantitative estimate of drug-likeness (QED) is 0.590. The lowest BCUT2D eigenvalue weighted by molar-refractivity contribution is -0.385. The van der Waals surface area contributed by atoms with Gasteiger partial charge in [-0.3, -0.25) is 14.9 Å². The summed E-state index contributed by atoms with van der Waals surface area (Å²) in [5, 5.41) is 22.5. The van der Waals surface area contributed by atoms with Crippen LogP contribution in [0.5, 0.6) is 0 Å². The fourth-order valence-electron chi connectivity index (χ4n) is 2.73. The Morgan fingerprint density at radius 1 is 1.46 bits per heavy atom. The van der Waals surface area contributed by atoms with Crippen LogP contribution in [-0.4, -0.2) is 45.5 Å². The Bertz CT molecular complexity index is 631. The molecule has 2 heterocycles. The molecule has 0 saturated carbocycles. The van der Waals surface area contributed by atoms with Gasteiger partial charge in [0.05, 0.1) is 4.92 Å². The third kappa shape index (κ3) is 3.79. The van der Waals surface area contributed by atoms with Gasteiger partial charge in [-0.25, -0.2) is 9.78 Å². The predicted molar refractivity (Wildman–Crippen MR) is 85.7 cm³/mol. The zero-order valence-electron chi connectivity index (χ0n) is 13.5. The number of carbonyl (C=O) groups is 2. The number of nitrogens with one attached hydrogen (secondary N) is 1. The molecule has 9 nitrogen and oxygen atoms in total. The van der Waals surface area contributed by atoms with E-state index in [9.17, 15) is 24.8 Å². The van der Waals surface area contributed by atoms with Crippen molar-refractivity contribution in [3.63, 3.8) is 0 Å². The predicted octanol–water partition coefficient (Wildman–Crippen LogP) is 1.18. The fraction of sp³-hybridized carbons (Fsp3) is 0.533. The Labute approximate surface area is 138 Å². The molecule has 1 fully saturated rings. The minimum absolute atomic E-state index is 0.121. The molecule has 0 aromatic carbocycles. The van der Waals surface area contributed by atoms with Crippen molar-refractivity contribution in [2.24, 2.45) is 5.92 Å². The summed E-state index contributed by atoms with van der Waals surface area (Å²) in [5.74, 6) is -1.21. The molecule has 1 amide bonds. The fourth-order valence-corrected chi connectivity index (χ4v) is 2.73. The van der Waals surface area contributed by atoms with E-state index in [1.54, 1.807) is 18.7 Å². The largest absolute Gasteiger partial charge is 0.480 e. The Hall–Kier alpha value is -2.71. The standard InChI is InChI=1S/C15H20N4O5/c1-9(2)13(15(21)22)17-14(20)11-4-3-7-18(11)12-6-5-10(8-16-12)19(23)24/h5-6,8-9,11,13H,3-4,7H2,1-2H3,(H,17,20)(H,21,22). The molecule has 130 valence electrons. The number of pyridine rings is 1. The lowest BCUT2D eigenvalue weighted by Crippen LogP contribution is -2.51. The zero-order valence-corrected chi connectivity index (χ0v) is 13.5. The second-order valence-corrected chi connectivity index (χ2v) is 6.05. The van der Waals surface area contributed by atoms with Crippen molar-refractivity contribution in [3.8, 4) is 0 Å². The first-order valence-electron chi connectivity index (χ1n) is 7.71. The molecule has 24 heavy (non-hydrogen) atoms. The van der Waals surface area contributed by atoms with Crippen molar-refractivity contribution in [3.05, 3.63) is 28.4 Å². The number of carbonyl (C=O) groups excluding carboxylic acids is 1. The van der Waals surface area contributed by atoms with Crippen molar-refractivity contribution in [1.82, 2.24) is 10.3 Å². The van der Waals surface area contributed by atoms with Crippen molar-refractivity contribution in [2.75, 3.05) is 11.4 Å². The van der Waals surface area contributed by atoms with Crippen molar-refractivity contribution in [1.29, 1.82) is 0 Å². The molecule has 1 aliphatic rings. The second-order valence-electron chi connectivity index (χ2n) is 6.05. The molecule has 1 saturated heterocycles. The third-order valence-corrected chi connectivity index (χ3v) is 4.02. The Kier molecular flexibility index (Phi) is 5.32. The van der Waals surface area contributed by atoms with Crippen LogP contribution >= 0.6 is 0 Å². The van der Waals surface area contributed by atoms with Crippen LogP contribution in [0, 0.1) is 16.0 Å². The van der Waals surface area contributed by atoms with Gasteiger partial charge >= 0.3 is 5.97 Å². The highest BCUT2D eigenvalue weighted by molar-refractivity contribution is 5.89. The molecule has 0 bridgehead atoms. The molecule has 1 aromatic rings. The van der Waals surface area contributed by atoms with Gasteiger partial charge in [-0.1, -0.05) is 13.8 Å². The normalized spacial score (nSPS) is 18.5. The zero-order chi connectivity index (χ0) is 17.9. The van der Waals surface area contributed by atoms with Crippen molar-refractivity contribution >= 4 is 23.4 Å². The average molecular weight is 336 g/mol. The number of aliphatic carboxylic acids is 1. The van der Waals surface area contributed by atoms with Gasteiger partial charge in [0.1, 0.15) is 24.1 Å². The monoisotopic (exact) mass is 336 g/mol. The smallest absolute Gasteiger partial charge is 0.326 e. The second kappa shape index (κ2) is 7.24. The number of aromatic nitrogens is 1. The number of amides is 1. The van der Waals surface area contributed by atoms with E-state index in [2.05, 4.69) is 10.3 Å². The molecule has 0 spiro atoms. The molecular formula is C15H20N4O5. The summed E-state index contributed by atoms with van der Waals surface area (Å²) in [6.45, 7) is 4.04. The number of carboxylic acid groups (broad SMARTS) is 1.